The van der Waals surface area contributed by atoms with E-state index in [-0.39, 0.29) is 11.4 Å². The van der Waals surface area contributed by atoms with Gasteiger partial charge >= 0.3 is 6.61 Å². The summed E-state index contributed by atoms with van der Waals surface area (Å²) >= 11 is 1.34. The maximum atomic E-state index is 13.5. The predicted octanol–water partition coefficient (Wildman–Crippen LogP) is 4.93. The number of nitrogens with zero attached hydrogens (tertiary/aromatic N) is 3. The number of carbonyl (C=O) groups is 1. The highest BCUT2D eigenvalue weighted by Gasteiger charge is 2.30. The Kier molecular flexibility index (Phi) is 5.72. The van der Waals surface area contributed by atoms with Gasteiger partial charge in [0.15, 0.2) is 5.16 Å². The molecule has 3 aromatic rings. The molecule has 0 saturated carbocycles. The minimum atomic E-state index is -3.00. The Balaban J connectivity index is 1.79. The molecular weight excluding hydrogens is 415 g/mol. The molecule has 0 spiro atoms. The number of imidazole rings is 1. The lowest BCUT2D eigenvalue weighted by Gasteiger charge is -2.31. The average Bonchev–Trinajstić information content (AvgIpc) is 3.17. The highest BCUT2D eigenvalue weighted by atomic mass is 32.2. The number of alkyl halides is 2. The number of aryl methyl sites for hydroxylation is 1. The van der Waals surface area contributed by atoms with Gasteiger partial charge in [-0.3, -0.25) is 9.36 Å². The van der Waals surface area contributed by atoms with Gasteiger partial charge in [-0.25, -0.2) is 9.37 Å². The Hall–Kier alpha value is -2.94. The second kappa shape index (κ2) is 8.43. The van der Waals surface area contributed by atoms with Crippen LogP contribution in [0.25, 0.3) is 5.69 Å². The van der Waals surface area contributed by atoms with E-state index >= 15 is 0 Å². The molecule has 0 N–H and O–H groups in total. The first-order valence-corrected chi connectivity index (χ1v) is 10.5. The number of fused-ring (bicyclic) bond motifs is 1. The number of para-hydroxylation sites is 1. The van der Waals surface area contributed by atoms with Gasteiger partial charge in [0.2, 0.25) is 0 Å². The Morgan fingerprint density at radius 2 is 1.97 bits per heavy atom. The first-order valence-electron chi connectivity index (χ1n) is 9.26. The van der Waals surface area contributed by atoms with E-state index in [9.17, 15) is 18.0 Å². The average molecular weight is 433 g/mol. The van der Waals surface area contributed by atoms with E-state index in [1.54, 1.807) is 28.8 Å². The van der Waals surface area contributed by atoms with E-state index in [1.807, 2.05) is 6.26 Å². The van der Waals surface area contributed by atoms with Gasteiger partial charge < -0.3 is 9.64 Å². The second-order valence-electron chi connectivity index (χ2n) is 6.64. The van der Waals surface area contributed by atoms with Gasteiger partial charge in [-0.1, -0.05) is 23.9 Å². The smallest absolute Gasteiger partial charge is 0.387 e. The molecule has 156 valence electrons. The molecule has 5 nitrogen and oxygen atoms in total. The van der Waals surface area contributed by atoms with Crippen LogP contribution in [0.2, 0.25) is 0 Å². The zero-order valence-electron chi connectivity index (χ0n) is 16.0. The molecule has 0 aliphatic carbocycles. The standard InChI is InChI=1S/C21H18F3N3O2S/c1-30-21-25-12-16(27(21)15-9-7-14(22)8-10-15)19(28)26-11-3-5-13-4-2-6-17(18(13)26)29-20(23)24/h2,4,6-10,12,20H,3,5,11H2,1H3. The van der Waals surface area contributed by atoms with Crippen LogP contribution in [0.1, 0.15) is 22.5 Å². The maximum Gasteiger partial charge on any atom is 0.387 e. The lowest BCUT2D eigenvalue weighted by Crippen LogP contribution is -2.37. The lowest BCUT2D eigenvalue weighted by molar-refractivity contribution is -0.0495. The Morgan fingerprint density at radius 3 is 2.67 bits per heavy atom. The first kappa shape index (κ1) is 20.3. The Labute approximate surface area is 175 Å². The van der Waals surface area contributed by atoms with Crippen LogP contribution in [0.3, 0.4) is 0 Å². The zero-order valence-corrected chi connectivity index (χ0v) is 16.8. The van der Waals surface area contributed by atoms with Gasteiger partial charge in [0.1, 0.15) is 17.3 Å². The van der Waals surface area contributed by atoms with Crippen LogP contribution in [0.5, 0.6) is 5.75 Å². The monoisotopic (exact) mass is 433 g/mol. The summed E-state index contributed by atoms with van der Waals surface area (Å²) in [6.45, 7) is -2.64. The van der Waals surface area contributed by atoms with Crippen LogP contribution in [0.15, 0.2) is 53.8 Å². The third-order valence-corrected chi connectivity index (χ3v) is 5.51. The fourth-order valence-corrected chi connectivity index (χ4v) is 4.16. The highest BCUT2D eigenvalue weighted by molar-refractivity contribution is 7.98. The van der Waals surface area contributed by atoms with Crippen molar-refractivity contribution in [2.75, 3.05) is 17.7 Å². The van der Waals surface area contributed by atoms with Gasteiger partial charge in [-0.15, -0.1) is 0 Å². The van der Waals surface area contributed by atoms with Crippen LogP contribution in [0, 0.1) is 5.82 Å². The van der Waals surface area contributed by atoms with E-state index in [0.29, 0.717) is 35.9 Å². The lowest BCUT2D eigenvalue weighted by atomic mass is 10.0. The van der Waals surface area contributed by atoms with E-state index in [2.05, 4.69) is 9.72 Å². The van der Waals surface area contributed by atoms with E-state index in [4.69, 9.17) is 0 Å². The topological polar surface area (TPSA) is 47.4 Å². The van der Waals surface area contributed by atoms with Gasteiger partial charge in [-0.2, -0.15) is 8.78 Å². The van der Waals surface area contributed by atoms with Crippen molar-refractivity contribution in [3.8, 4) is 11.4 Å². The molecule has 1 amide bonds. The molecule has 0 radical (unpaired) electrons. The number of thioether (sulfide) groups is 1. The van der Waals surface area contributed by atoms with Crippen LogP contribution in [-0.4, -0.2) is 34.9 Å². The molecule has 30 heavy (non-hydrogen) atoms. The molecular formula is C21H18F3N3O2S. The van der Waals surface area contributed by atoms with Crippen LogP contribution >= 0.6 is 11.8 Å². The number of hydrogen-bond donors (Lipinski definition) is 0. The number of ether oxygens (including phenoxy) is 1. The summed E-state index contributed by atoms with van der Waals surface area (Å²) in [5.74, 6) is -0.817. The quantitative estimate of drug-likeness (QED) is 0.536. The summed E-state index contributed by atoms with van der Waals surface area (Å²) in [4.78, 5) is 19.3. The van der Waals surface area contributed by atoms with Crippen molar-refractivity contribution in [3.05, 3.63) is 65.7 Å². The number of carbonyl (C=O) groups excluding carboxylic acids is 1. The highest BCUT2D eigenvalue weighted by Crippen LogP contribution is 2.38. The zero-order chi connectivity index (χ0) is 21.3. The minimum Gasteiger partial charge on any atom is -0.433 e. The first-order chi connectivity index (χ1) is 14.5. The van der Waals surface area contributed by atoms with Crippen molar-refractivity contribution in [2.24, 2.45) is 0 Å². The predicted molar refractivity (Wildman–Crippen MR) is 108 cm³/mol. The molecule has 0 atom stereocenters. The van der Waals surface area contributed by atoms with Gasteiger partial charge in [0.05, 0.1) is 11.9 Å². The van der Waals surface area contributed by atoms with Crippen LogP contribution in [0.4, 0.5) is 18.9 Å². The van der Waals surface area contributed by atoms with Crippen molar-refractivity contribution in [1.29, 1.82) is 0 Å². The summed E-state index contributed by atoms with van der Waals surface area (Å²) in [7, 11) is 0. The van der Waals surface area contributed by atoms with Crippen molar-refractivity contribution in [2.45, 2.75) is 24.6 Å². The van der Waals surface area contributed by atoms with Gasteiger partial charge in [-0.05, 0) is 55.0 Å². The molecule has 0 unspecified atom stereocenters. The third-order valence-electron chi connectivity index (χ3n) is 4.86. The second-order valence-corrected chi connectivity index (χ2v) is 7.42. The molecule has 1 aliphatic rings. The fraction of sp³-hybridized carbons (Fsp3) is 0.238. The molecule has 1 aromatic heterocycles. The fourth-order valence-electron chi connectivity index (χ4n) is 3.62. The normalized spacial score (nSPS) is 13.4. The number of amides is 1. The van der Waals surface area contributed by atoms with Crippen molar-refractivity contribution in [3.63, 3.8) is 0 Å². The molecule has 0 fully saturated rings. The number of aromatic nitrogens is 2. The van der Waals surface area contributed by atoms with Gasteiger partial charge in [0.25, 0.3) is 5.91 Å². The minimum absolute atomic E-state index is 0.0338. The third kappa shape index (κ3) is 3.77. The molecule has 4 rings (SSSR count). The number of anilines is 1. The van der Waals surface area contributed by atoms with Crippen molar-refractivity contribution >= 4 is 23.4 Å². The number of benzene rings is 2. The van der Waals surface area contributed by atoms with Crippen LogP contribution < -0.4 is 9.64 Å². The van der Waals surface area contributed by atoms with E-state index in [0.717, 1.165) is 5.56 Å². The number of rotatable bonds is 5. The largest absolute Gasteiger partial charge is 0.433 e. The molecule has 0 saturated heterocycles. The Bertz CT molecular complexity index is 1070. The summed E-state index contributed by atoms with van der Waals surface area (Å²) < 4.78 is 45.6. The molecule has 2 aromatic carbocycles. The van der Waals surface area contributed by atoms with Crippen molar-refractivity contribution in [1.82, 2.24) is 9.55 Å². The summed E-state index contributed by atoms with van der Waals surface area (Å²) in [6.07, 6.45) is 4.62. The SMILES string of the molecule is CSc1ncc(C(=O)N2CCCc3cccc(OC(F)F)c32)n1-c1ccc(F)cc1. The summed E-state index contributed by atoms with van der Waals surface area (Å²) in [6, 6.07) is 10.6. The van der Waals surface area contributed by atoms with Crippen LogP contribution in [-0.2, 0) is 6.42 Å². The number of hydrogen-bond acceptors (Lipinski definition) is 4. The summed E-state index contributed by atoms with van der Waals surface area (Å²) in [5.41, 5.74) is 1.96. The molecule has 2 heterocycles. The van der Waals surface area contributed by atoms with Gasteiger partial charge in [0, 0.05) is 12.2 Å². The molecule has 9 heteroatoms. The molecule has 1 aliphatic heterocycles. The Morgan fingerprint density at radius 1 is 1.20 bits per heavy atom. The van der Waals surface area contributed by atoms with E-state index in [1.165, 1.54) is 41.1 Å². The van der Waals surface area contributed by atoms with E-state index < -0.39 is 18.3 Å². The molecule has 0 bridgehead atoms. The van der Waals surface area contributed by atoms with Crippen molar-refractivity contribution < 1.29 is 22.7 Å². The summed E-state index contributed by atoms with van der Waals surface area (Å²) in [5, 5.41) is 0.555. The maximum absolute atomic E-state index is 13.5. The number of halogens is 3.